The minimum absolute atomic E-state index is 0.216. The Morgan fingerprint density at radius 3 is 2.68 bits per heavy atom. The third-order valence-electron chi connectivity index (χ3n) is 3.59. The lowest BCUT2D eigenvalue weighted by Gasteiger charge is -2.33. The number of carbonyl (C=O) groups excluding carboxylic acids is 1. The van der Waals surface area contributed by atoms with Crippen LogP contribution in [0.5, 0.6) is 0 Å². The Labute approximate surface area is 132 Å². The number of carbonyl (C=O) groups is 1. The van der Waals surface area contributed by atoms with Crippen molar-refractivity contribution in [2.45, 2.75) is 59.2 Å². The van der Waals surface area contributed by atoms with Gasteiger partial charge in [0.15, 0.2) is 0 Å². The van der Waals surface area contributed by atoms with Gasteiger partial charge in [0.25, 0.3) is 0 Å². The van der Waals surface area contributed by atoms with Crippen LogP contribution >= 0.6 is 0 Å². The first-order chi connectivity index (χ1) is 10.3. The standard InChI is InChI=1S/C16H27N3O3/c1-6-11-12(7-2)18-14(17-11)13-10-19(8-9-21-13)15(20)22-16(3,4)5/h13H,6-10H2,1-5H3,(H,17,18). The van der Waals surface area contributed by atoms with Gasteiger partial charge in [0, 0.05) is 12.2 Å². The molecule has 1 aliphatic heterocycles. The number of rotatable bonds is 3. The maximum absolute atomic E-state index is 12.2. The van der Waals surface area contributed by atoms with E-state index in [4.69, 9.17) is 9.47 Å². The summed E-state index contributed by atoms with van der Waals surface area (Å²) >= 11 is 0. The van der Waals surface area contributed by atoms with Gasteiger partial charge in [-0.1, -0.05) is 13.8 Å². The average molecular weight is 309 g/mol. The molecule has 1 aliphatic rings. The van der Waals surface area contributed by atoms with E-state index in [1.807, 2.05) is 20.8 Å². The molecule has 0 saturated carbocycles. The molecule has 1 aromatic rings. The minimum Gasteiger partial charge on any atom is -0.444 e. The van der Waals surface area contributed by atoms with E-state index in [9.17, 15) is 4.79 Å². The van der Waals surface area contributed by atoms with Crippen LogP contribution < -0.4 is 0 Å². The third-order valence-corrected chi connectivity index (χ3v) is 3.59. The number of imidazole rings is 1. The molecule has 1 amide bonds. The van der Waals surface area contributed by atoms with Gasteiger partial charge in [0.1, 0.15) is 17.5 Å². The highest BCUT2D eigenvalue weighted by Gasteiger charge is 2.30. The van der Waals surface area contributed by atoms with Crippen molar-refractivity contribution >= 4 is 6.09 Å². The molecule has 0 aromatic carbocycles. The monoisotopic (exact) mass is 309 g/mol. The first kappa shape index (κ1) is 16.8. The van der Waals surface area contributed by atoms with Gasteiger partial charge in [-0.25, -0.2) is 9.78 Å². The smallest absolute Gasteiger partial charge is 0.410 e. The fraction of sp³-hybridized carbons (Fsp3) is 0.750. The quantitative estimate of drug-likeness (QED) is 0.932. The first-order valence-corrected chi connectivity index (χ1v) is 8.01. The molecule has 124 valence electrons. The van der Waals surface area contributed by atoms with Crippen molar-refractivity contribution in [3.63, 3.8) is 0 Å². The van der Waals surface area contributed by atoms with Gasteiger partial charge in [0.05, 0.1) is 18.8 Å². The van der Waals surface area contributed by atoms with Gasteiger partial charge in [-0.05, 0) is 33.6 Å². The Balaban J connectivity index is 2.07. The largest absolute Gasteiger partial charge is 0.444 e. The number of aromatic nitrogens is 2. The molecule has 1 aromatic heterocycles. The molecule has 1 N–H and O–H groups in total. The molecule has 1 fully saturated rings. The molecule has 0 aliphatic carbocycles. The molecule has 0 bridgehead atoms. The molecular weight excluding hydrogens is 282 g/mol. The van der Waals surface area contributed by atoms with Crippen LogP contribution in [0.25, 0.3) is 0 Å². The van der Waals surface area contributed by atoms with Crippen molar-refractivity contribution in [1.29, 1.82) is 0 Å². The maximum atomic E-state index is 12.2. The number of amides is 1. The van der Waals surface area contributed by atoms with Gasteiger partial charge in [0.2, 0.25) is 0 Å². The number of ether oxygens (including phenoxy) is 2. The lowest BCUT2D eigenvalue weighted by Crippen LogP contribution is -2.44. The topological polar surface area (TPSA) is 67.5 Å². The van der Waals surface area contributed by atoms with Gasteiger partial charge >= 0.3 is 6.09 Å². The molecular formula is C16H27N3O3. The van der Waals surface area contributed by atoms with Crippen LogP contribution in [0.2, 0.25) is 0 Å². The van der Waals surface area contributed by atoms with Gasteiger partial charge in [-0.3, -0.25) is 0 Å². The summed E-state index contributed by atoms with van der Waals surface area (Å²) in [5.41, 5.74) is 1.74. The Bertz CT molecular complexity index is 498. The van der Waals surface area contributed by atoms with E-state index in [0.717, 1.165) is 30.1 Å². The van der Waals surface area contributed by atoms with Crippen LogP contribution in [0.4, 0.5) is 4.79 Å². The number of aromatic amines is 1. The summed E-state index contributed by atoms with van der Waals surface area (Å²) in [6, 6.07) is 0. The molecule has 0 spiro atoms. The second-order valence-corrected chi connectivity index (χ2v) is 6.54. The summed E-state index contributed by atoms with van der Waals surface area (Å²) in [6.45, 7) is 11.3. The Morgan fingerprint density at radius 2 is 2.14 bits per heavy atom. The van der Waals surface area contributed by atoms with E-state index < -0.39 is 5.60 Å². The minimum atomic E-state index is -0.486. The highest BCUT2D eigenvalue weighted by atomic mass is 16.6. The van der Waals surface area contributed by atoms with E-state index >= 15 is 0 Å². The van der Waals surface area contributed by atoms with E-state index in [2.05, 4.69) is 23.8 Å². The SMILES string of the molecule is CCc1nc(C2CN(C(=O)OC(C)(C)C)CCO2)[nH]c1CC. The molecule has 1 atom stereocenters. The van der Waals surface area contributed by atoms with Crippen molar-refractivity contribution in [3.05, 3.63) is 17.2 Å². The number of nitrogens with zero attached hydrogens (tertiary/aromatic N) is 2. The lowest BCUT2D eigenvalue weighted by atomic mass is 10.2. The fourth-order valence-electron chi connectivity index (χ4n) is 2.51. The molecule has 22 heavy (non-hydrogen) atoms. The normalized spacial score (nSPS) is 19.3. The zero-order valence-corrected chi connectivity index (χ0v) is 14.2. The van der Waals surface area contributed by atoms with Crippen LogP contribution in [0.3, 0.4) is 0 Å². The number of H-pyrrole nitrogens is 1. The summed E-state index contributed by atoms with van der Waals surface area (Å²) in [6.07, 6.45) is 1.30. The second-order valence-electron chi connectivity index (χ2n) is 6.54. The summed E-state index contributed by atoms with van der Waals surface area (Å²) in [5.74, 6) is 0.807. The maximum Gasteiger partial charge on any atom is 0.410 e. The van der Waals surface area contributed by atoms with Gasteiger partial charge in [-0.2, -0.15) is 0 Å². The number of nitrogens with one attached hydrogen (secondary N) is 1. The number of hydrogen-bond acceptors (Lipinski definition) is 4. The van der Waals surface area contributed by atoms with Crippen LogP contribution in [0, 0.1) is 0 Å². The van der Waals surface area contributed by atoms with E-state index in [1.54, 1.807) is 4.90 Å². The molecule has 6 nitrogen and oxygen atoms in total. The van der Waals surface area contributed by atoms with Crippen molar-refractivity contribution in [2.24, 2.45) is 0 Å². The van der Waals surface area contributed by atoms with Crippen LogP contribution in [-0.4, -0.2) is 46.3 Å². The summed E-state index contributed by atoms with van der Waals surface area (Å²) in [5, 5.41) is 0. The zero-order chi connectivity index (χ0) is 16.3. The number of hydrogen-bond donors (Lipinski definition) is 1. The highest BCUT2D eigenvalue weighted by molar-refractivity contribution is 5.68. The Hall–Kier alpha value is -1.56. The van der Waals surface area contributed by atoms with Crippen LogP contribution in [0.15, 0.2) is 0 Å². The van der Waals surface area contributed by atoms with Crippen LogP contribution in [-0.2, 0) is 22.3 Å². The average Bonchev–Trinajstić information content (AvgIpc) is 2.89. The molecule has 1 saturated heterocycles. The number of morpholine rings is 1. The predicted molar refractivity (Wildman–Crippen MR) is 83.8 cm³/mol. The van der Waals surface area contributed by atoms with Gasteiger partial charge in [-0.15, -0.1) is 0 Å². The third kappa shape index (κ3) is 4.00. The van der Waals surface area contributed by atoms with Gasteiger partial charge < -0.3 is 19.4 Å². The van der Waals surface area contributed by atoms with Crippen molar-refractivity contribution in [1.82, 2.24) is 14.9 Å². The number of aryl methyl sites for hydroxylation is 2. The fourth-order valence-corrected chi connectivity index (χ4v) is 2.51. The van der Waals surface area contributed by atoms with E-state index in [-0.39, 0.29) is 12.2 Å². The predicted octanol–water partition coefficient (Wildman–Crippen LogP) is 2.84. The zero-order valence-electron chi connectivity index (χ0n) is 14.2. The first-order valence-electron chi connectivity index (χ1n) is 8.01. The summed E-state index contributed by atoms with van der Waals surface area (Å²) < 4.78 is 11.2. The molecule has 2 heterocycles. The van der Waals surface area contributed by atoms with E-state index in [1.165, 1.54) is 0 Å². The summed E-state index contributed by atoms with van der Waals surface area (Å²) in [7, 11) is 0. The Morgan fingerprint density at radius 1 is 1.41 bits per heavy atom. The highest BCUT2D eigenvalue weighted by Crippen LogP contribution is 2.23. The molecule has 2 rings (SSSR count). The van der Waals surface area contributed by atoms with Crippen molar-refractivity contribution in [2.75, 3.05) is 19.7 Å². The molecule has 6 heteroatoms. The van der Waals surface area contributed by atoms with Crippen LogP contribution in [0.1, 0.15) is 57.9 Å². The second kappa shape index (κ2) is 6.69. The van der Waals surface area contributed by atoms with Crippen molar-refractivity contribution < 1.29 is 14.3 Å². The van der Waals surface area contributed by atoms with Crippen molar-refractivity contribution in [3.8, 4) is 0 Å². The lowest BCUT2D eigenvalue weighted by molar-refractivity contribution is -0.0460. The van der Waals surface area contributed by atoms with E-state index in [0.29, 0.717) is 19.7 Å². The Kier molecular flexibility index (Phi) is 5.11. The summed E-state index contributed by atoms with van der Waals surface area (Å²) in [4.78, 5) is 21.9. The molecule has 1 unspecified atom stereocenters. The molecule has 0 radical (unpaired) electrons.